The van der Waals surface area contributed by atoms with E-state index in [2.05, 4.69) is 44.4 Å². The van der Waals surface area contributed by atoms with E-state index in [0.29, 0.717) is 69.6 Å². The Kier molecular flexibility index (Phi) is 35.5. The van der Waals surface area contributed by atoms with Gasteiger partial charge in [-0.05, 0) is 178 Å². The van der Waals surface area contributed by atoms with E-state index in [0.717, 1.165) is 31.2 Å². The zero-order valence-electron chi connectivity index (χ0n) is 65.3. The third-order valence-electron chi connectivity index (χ3n) is 16.5. The highest BCUT2D eigenvalue weighted by atomic mass is 16.8. The van der Waals surface area contributed by atoms with Crippen molar-refractivity contribution in [2.45, 2.75) is 124 Å². The fraction of sp³-hybridized carbons (Fsp3) is 0.383. The molecule has 6 aromatic rings. The molecule has 2 aromatic heterocycles. The van der Waals surface area contributed by atoms with Crippen LogP contribution in [0.1, 0.15) is 169 Å². The predicted molar refractivity (Wildman–Crippen MR) is 416 cm³/mol. The summed E-state index contributed by atoms with van der Waals surface area (Å²) < 4.78 is 60.7. The number of amides is 4. The molecule has 0 aliphatic heterocycles. The lowest BCUT2D eigenvalue weighted by Crippen LogP contribution is -2.36. The first-order valence-electron chi connectivity index (χ1n) is 36.1. The van der Waals surface area contributed by atoms with E-state index in [1.165, 1.54) is 84.8 Å². The molecule has 33 nitrogen and oxygen atoms in total. The zero-order chi connectivity index (χ0) is 83.9. The molecule has 8 rings (SSSR count). The highest BCUT2D eigenvalue weighted by molar-refractivity contribution is 6.09. The number of carbonyl (C=O) groups is 10. The van der Waals surface area contributed by atoms with Crippen LogP contribution in [0.15, 0.2) is 110 Å². The molecule has 33 heteroatoms. The molecule has 4 aromatic carbocycles. The number of ether oxygens (including phenoxy) is 12. The number of alkyl carbamates (subject to hydrolysis) is 2. The Morgan fingerprint density at radius 1 is 0.526 bits per heavy atom. The van der Waals surface area contributed by atoms with E-state index in [1.807, 2.05) is 6.92 Å². The molecular weight excluding hydrogens is 1480 g/mol. The summed E-state index contributed by atoms with van der Waals surface area (Å²) in [5.74, 6) is -4.18. The lowest BCUT2D eigenvalue weighted by atomic mass is 9.89. The average Bonchev–Trinajstić information content (AvgIpc) is 1.22. The van der Waals surface area contributed by atoms with E-state index in [4.69, 9.17) is 73.4 Å². The smallest absolute Gasteiger partial charge is 0.478 e. The number of amidine groups is 2. The second kappa shape index (κ2) is 44.7. The first kappa shape index (κ1) is 90.6. The van der Waals surface area contributed by atoms with Gasteiger partial charge in [-0.25, -0.2) is 43.5 Å². The molecule has 2 heterocycles. The number of benzene rings is 4. The van der Waals surface area contributed by atoms with E-state index in [9.17, 15) is 58.2 Å². The molecule has 2 atom stereocenters. The number of aliphatic hydroxyl groups is 1. The van der Waals surface area contributed by atoms with Crippen molar-refractivity contribution in [3.63, 3.8) is 0 Å². The zero-order valence-corrected chi connectivity index (χ0v) is 65.3. The summed E-state index contributed by atoms with van der Waals surface area (Å²) in [6.07, 6.45) is -1.54. The first-order chi connectivity index (χ1) is 54.3. The van der Waals surface area contributed by atoms with Crippen LogP contribution < -0.4 is 27.0 Å². The third kappa shape index (κ3) is 28.8. The summed E-state index contributed by atoms with van der Waals surface area (Å²) in [5, 5.41) is 46.1. The van der Waals surface area contributed by atoms with Crippen LogP contribution in [0.3, 0.4) is 0 Å². The number of nitrogens with one attached hydrogen (secondary N) is 6. The molecule has 2 fully saturated rings. The summed E-state index contributed by atoms with van der Waals surface area (Å²) in [4.78, 5) is 135. The minimum absolute atomic E-state index is 0.0356. The second-order valence-corrected chi connectivity index (χ2v) is 26.5. The Morgan fingerprint density at radius 2 is 0.930 bits per heavy atom. The van der Waals surface area contributed by atoms with Gasteiger partial charge in [0.1, 0.15) is 23.1 Å². The Bertz CT molecular complexity index is 4430. The second-order valence-electron chi connectivity index (χ2n) is 26.5. The number of hydrogen-bond donors (Lipinski definition) is 9. The summed E-state index contributed by atoms with van der Waals surface area (Å²) in [6.45, 7) is 19.7. The number of anilines is 1. The molecule has 2 aliphatic rings. The number of rotatable bonds is 35. The van der Waals surface area contributed by atoms with Crippen LogP contribution >= 0.6 is 0 Å². The van der Waals surface area contributed by atoms with Crippen molar-refractivity contribution >= 4 is 89.5 Å². The fourth-order valence-electron chi connectivity index (χ4n) is 10.6. The Labute approximate surface area is 658 Å². The fourth-order valence-corrected chi connectivity index (χ4v) is 10.6. The third-order valence-corrected chi connectivity index (χ3v) is 16.5. The molecule has 114 heavy (non-hydrogen) atoms. The molecular formula is C81H97N9O24. The SMILES string of the molecule is C=Cc1cc(C(=O)Cc2ccc(C(=N)NC(=O)OC(COC)COC)cc2)c(-c2ccc(C(=O)NCC3CC3)nc2C(=O)OC(C)OC(=O)OC(C)C)cc1C.C=Cc1cc(C(=O)O)c(-c2ccc(C(=O)NCC3CC3)nc2C(=O)OC(C)OC(=O)OC(C)C)cc1CO.COCC(COC)OC(=O)NC(=N)c1ccc(N)cc1. The summed E-state index contributed by atoms with van der Waals surface area (Å²) in [5.41, 5.74) is 9.71. The van der Waals surface area contributed by atoms with Crippen LogP contribution in [0.25, 0.3) is 34.4 Å². The van der Waals surface area contributed by atoms with E-state index in [-0.39, 0.29) is 101 Å². The van der Waals surface area contributed by atoms with Crippen LogP contribution in [0, 0.1) is 29.6 Å². The number of pyridine rings is 2. The van der Waals surface area contributed by atoms with Crippen molar-refractivity contribution in [2.75, 3.05) is 73.7 Å². The number of carboxylic acid groups (broad SMARTS) is 1. The molecule has 10 N–H and O–H groups in total. The Hall–Kier alpha value is -12.3. The van der Waals surface area contributed by atoms with Gasteiger partial charge in [-0.2, -0.15) is 0 Å². The Morgan fingerprint density at radius 3 is 1.31 bits per heavy atom. The number of nitrogens with zero attached hydrogens (tertiary/aromatic N) is 2. The quantitative estimate of drug-likeness (QED) is 0.00339. The lowest BCUT2D eigenvalue weighted by Gasteiger charge is -2.18. The number of aromatic carboxylic acids is 1. The molecule has 2 saturated carbocycles. The van der Waals surface area contributed by atoms with Crippen LogP contribution in [-0.2, 0) is 69.9 Å². The van der Waals surface area contributed by atoms with Crippen molar-refractivity contribution in [2.24, 2.45) is 11.8 Å². The number of hydrogen-bond acceptors (Lipinski definition) is 28. The minimum atomic E-state index is -1.38. The maximum atomic E-state index is 14.1. The number of Topliss-reactive ketones (excluding diaryl/α,β-unsaturated/α-hetero) is 1. The maximum absolute atomic E-state index is 14.1. The summed E-state index contributed by atoms with van der Waals surface area (Å²) in [6, 6.07) is 24.9. The largest absolute Gasteiger partial charge is 0.511 e. The maximum Gasteiger partial charge on any atom is 0.511 e. The number of nitrogens with two attached hydrogens (primary N) is 1. The monoisotopic (exact) mass is 1580 g/mol. The number of aliphatic hydroxyl groups excluding tert-OH is 1. The van der Waals surface area contributed by atoms with Crippen molar-refractivity contribution in [3.05, 3.63) is 183 Å². The molecule has 0 spiro atoms. The van der Waals surface area contributed by atoms with Crippen molar-refractivity contribution in [3.8, 4) is 22.3 Å². The first-order valence-corrected chi connectivity index (χ1v) is 36.1. The number of ketones is 1. The van der Waals surface area contributed by atoms with E-state index < -0.39 is 97.8 Å². The lowest BCUT2D eigenvalue weighted by molar-refractivity contribution is -0.0884. The van der Waals surface area contributed by atoms with Crippen molar-refractivity contribution < 1.29 is 115 Å². The summed E-state index contributed by atoms with van der Waals surface area (Å²) in [7, 11) is 5.93. The average molecular weight is 1580 g/mol. The predicted octanol–water partition coefficient (Wildman–Crippen LogP) is 10.8. The molecule has 0 radical (unpaired) electrons. The molecule has 2 unspecified atom stereocenters. The normalized spacial score (nSPS) is 12.5. The van der Waals surface area contributed by atoms with Gasteiger partial charge >= 0.3 is 42.4 Å². The summed E-state index contributed by atoms with van der Waals surface area (Å²) >= 11 is 0. The highest BCUT2D eigenvalue weighted by Crippen LogP contribution is 2.35. The molecule has 0 saturated heterocycles. The van der Waals surface area contributed by atoms with Gasteiger partial charge in [0.2, 0.25) is 12.6 Å². The van der Waals surface area contributed by atoms with Crippen LogP contribution in [0.4, 0.5) is 24.9 Å². The molecule has 0 bridgehead atoms. The van der Waals surface area contributed by atoms with Gasteiger partial charge in [0, 0.05) is 95.3 Å². The van der Waals surface area contributed by atoms with Crippen LogP contribution in [-0.4, -0.2) is 197 Å². The molecule has 4 amide bonds. The van der Waals surface area contributed by atoms with Gasteiger partial charge in [-0.1, -0.05) is 55.6 Å². The Balaban J connectivity index is 0.000000299. The number of aromatic nitrogens is 2. The van der Waals surface area contributed by atoms with Gasteiger partial charge in [-0.3, -0.25) is 35.8 Å². The van der Waals surface area contributed by atoms with E-state index >= 15 is 0 Å². The molecule has 2 aliphatic carbocycles. The van der Waals surface area contributed by atoms with Gasteiger partial charge in [-0.15, -0.1) is 0 Å². The number of carbonyl (C=O) groups excluding carboxylic acids is 9. The van der Waals surface area contributed by atoms with Gasteiger partial charge in [0.25, 0.3) is 11.8 Å². The van der Waals surface area contributed by atoms with Crippen LogP contribution in [0.2, 0.25) is 0 Å². The molecule has 610 valence electrons. The van der Waals surface area contributed by atoms with Gasteiger partial charge < -0.3 is 83.4 Å². The van der Waals surface area contributed by atoms with Crippen LogP contribution in [0.5, 0.6) is 0 Å². The van der Waals surface area contributed by atoms with E-state index in [1.54, 1.807) is 94.4 Å². The van der Waals surface area contributed by atoms with Crippen molar-refractivity contribution in [1.82, 2.24) is 31.2 Å². The number of nitrogen functional groups attached to an aromatic ring is 1. The number of carboxylic acids is 1. The van der Waals surface area contributed by atoms with Crippen molar-refractivity contribution in [1.29, 1.82) is 10.8 Å². The number of aryl methyl sites for hydroxylation is 1. The standard InChI is InChI=1S/C41H48N4O11.C27H30N2O9.C13H19N3O4/c1-8-28-19-33(35(46)18-26-11-13-29(14-12-26)37(42)45-40(49)56-30(21-51-6)22-52-7)32(17-24(28)4)31-15-16-34(38(47)43-20-27-9-10-27)44-36(31)39(48)54-25(5)55-41(50)53-23(2)3;1-5-17-10-21(25(32)33)20(11-18(17)13-30)19-8-9-22(24(31)28-12-16-6-7-16)29-23(19)26(34)37-15(4)38-27(35)36-14(2)3;1-18-7-11(8-19-2)20-13(17)16-12(15)9-3-5-10(14)6-4-9/h8,11-17,19,23,25,27,30H,1,9-10,18,20-22H2,2-7H3,(H,43,47)(H2,42,45,49);5,8-11,14-16,30H,1,6-7,12-13H2,2-4H3,(H,28,31)(H,32,33);3-6,11H,7-8,14H2,1-2H3,(H2,15,16,17). The highest BCUT2D eigenvalue weighted by Gasteiger charge is 2.31. The number of esters is 2. The van der Waals surface area contributed by atoms with Gasteiger partial charge in [0.15, 0.2) is 29.4 Å². The van der Waals surface area contributed by atoms with Gasteiger partial charge in [0.05, 0.1) is 50.8 Å². The topological polar surface area (TPSA) is 470 Å². The minimum Gasteiger partial charge on any atom is -0.478 e. The number of methoxy groups -OCH3 is 4.